The van der Waals surface area contributed by atoms with Crippen LogP contribution in [0.15, 0.2) is 19.6 Å². The Morgan fingerprint density at radius 1 is 1.47 bits per heavy atom. The highest BCUT2D eigenvalue weighted by Crippen LogP contribution is 2.32. The van der Waals surface area contributed by atoms with Gasteiger partial charge in [-0.15, -0.1) is 0 Å². The molecule has 2 rings (SSSR count). The van der Waals surface area contributed by atoms with E-state index in [4.69, 9.17) is 4.42 Å². The summed E-state index contributed by atoms with van der Waals surface area (Å²) in [7, 11) is 0. The summed E-state index contributed by atoms with van der Waals surface area (Å²) in [6, 6.07) is 1.93. The van der Waals surface area contributed by atoms with E-state index in [1.54, 1.807) is 0 Å². The Bertz CT molecular complexity index is 322. The van der Waals surface area contributed by atoms with Gasteiger partial charge < -0.3 is 14.8 Å². The molecule has 0 radical (unpaired) electrons. The first-order valence-electron chi connectivity index (χ1n) is 4.95. The Kier molecular flexibility index (Phi) is 3.55. The van der Waals surface area contributed by atoms with Gasteiger partial charge >= 0.3 is 0 Å². The summed E-state index contributed by atoms with van der Waals surface area (Å²) in [5.74, 6) is 0.869. The maximum Gasteiger partial charge on any atom is 0.183 e. The summed E-state index contributed by atoms with van der Waals surface area (Å²) in [4.78, 5) is 0. The first-order chi connectivity index (χ1) is 7.15. The zero-order valence-corrected chi connectivity index (χ0v) is 11.4. The molecule has 1 aromatic heterocycles. The minimum absolute atomic E-state index is 0.0637. The fraction of sp³-hybridized carbons (Fsp3) is 0.600. The molecular weight excluding hydrogens is 326 g/mol. The molecule has 1 aromatic rings. The van der Waals surface area contributed by atoms with Crippen molar-refractivity contribution >= 4 is 31.9 Å². The van der Waals surface area contributed by atoms with Gasteiger partial charge in [0.25, 0.3) is 0 Å². The van der Waals surface area contributed by atoms with E-state index < -0.39 is 0 Å². The third kappa shape index (κ3) is 2.46. The van der Waals surface area contributed by atoms with Crippen molar-refractivity contribution in [2.24, 2.45) is 0 Å². The second-order valence-electron chi connectivity index (χ2n) is 3.98. The van der Waals surface area contributed by atoms with Crippen molar-refractivity contribution in [1.82, 2.24) is 5.32 Å². The maximum atomic E-state index is 9.26. The van der Waals surface area contributed by atoms with E-state index in [0.29, 0.717) is 11.2 Å². The van der Waals surface area contributed by atoms with E-state index in [1.165, 1.54) is 6.42 Å². The molecule has 1 heterocycles. The number of halogens is 2. The lowest BCUT2D eigenvalue weighted by molar-refractivity contribution is 0.0852. The number of aliphatic hydroxyl groups is 1. The van der Waals surface area contributed by atoms with Crippen molar-refractivity contribution in [1.29, 1.82) is 0 Å². The van der Waals surface area contributed by atoms with Crippen molar-refractivity contribution in [2.75, 3.05) is 6.61 Å². The zero-order valence-electron chi connectivity index (χ0n) is 8.22. The molecule has 0 saturated heterocycles. The molecule has 0 spiro atoms. The molecule has 3 nitrogen and oxygen atoms in total. The van der Waals surface area contributed by atoms with Crippen LogP contribution in [0.1, 0.15) is 25.0 Å². The topological polar surface area (TPSA) is 45.4 Å². The molecule has 0 bridgehead atoms. The van der Waals surface area contributed by atoms with E-state index in [-0.39, 0.29) is 12.1 Å². The summed E-state index contributed by atoms with van der Waals surface area (Å²) < 4.78 is 7.08. The second kappa shape index (κ2) is 4.57. The van der Waals surface area contributed by atoms with Gasteiger partial charge in [-0.2, -0.15) is 0 Å². The average Bonchev–Trinajstić information content (AvgIpc) is 2.45. The van der Waals surface area contributed by atoms with Crippen molar-refractivity contribution < 1.29 is 9.52 Å². The molecule has 1 fully saturated rings. The summed E-state index contributed by atoms with van der Waals surface area (Å²) in [5.41, 5.74) is -0.0637. The number of nitrogens with one attached hydrogen (secondary N) is 1. The SMILES string of the molecule is OCC1(NCc2cc(Br)c(Br)o2)CCC1. The molecule has 0 aromatic carbocycles. The molecule has 2 N–H and O–H groups in total. The van der Waals surface area contributed by atoms with Gasteiger partial charge in [0.05, 0.1) is 17.6 Å². The molecule has 0 aliphatic heterocycles. The number of furan rings is 1. The largest absolute Gasteiger partial charge is 0.452 e. The number of hydrogen-bond acceptors (Lipinski definition) is 3. The Morgan fingerprint density at radius 3 is 2.60 bits per heavy atom. The van der Waals surface area contributed by atoms with Crippen LogP contribution in [0.4, 0.5) is 0 Å². The summed E-state index contributed by atoms with van der Waals surface area (Å²) in [6.45, 7) is 0.862. The van der Waals surface area contributed by atoms with E-state index in [2.05, 4.69) is 37.2 Å². The van der Waals surface area contributed by atoms with Crippen LogP contribution in [-0.2, 0) is 6.54 Å². The minimum atomic E-state index is -0.0637. The molecule has 5 heteroatoms. The van der Waals surface area contributed by atoms with E-state index in [9.17, 15) is 5.11 Å². The Morgan fingerprint density at radius 2 is 2.20 bits per heavy atom. The predicted octanol–water partition coefficient (Wildman–Crippen LogP) is 2.81. The molecule has 84 valence electrons. The highest BCUT2D eigenvalue weighted by molar-refractivity contribution is 9.13. The first-order valence-corrected chi connectivity index (χ1v) is 6.53. The molecule has 1 aliphatic rings. The monoisotopic (exact) mass is 337 g/mol. The lowest BCUT2D eigenvalue weighted by atomic mass is 9.77. The average molecular weight is 339 g/mol. The molecule has 1 saturated carbocycles. The van der Waals surface area contributed by atoms with Gasteiger partial charge in [-0.3, -0.25) is 0 Å². The van der Waals surface area contributed by atoms with Crippen LogP contribution in [0.5, 0.6) is 0 Å². The second-order valence-corrected chi connectivity index (χ2v) is 5.55. The third-order valence-electron chi connectivity index (χ3n) is 2.95. The van der Waals surface area contributed by atoms with Crippen molar-refractivity contribution in [3.05, 3.63) is 21.0 Å². The van der Waals surface area contributed by atoms with Gasteiger partial charge in [0.2, 0.25) is 0 Å². The molecule has 1 aliphatic carbocycles. The Balaban J connectivity index is 1.92. The Hall–Kier alpha value is 0.160. The summed E-state index contributed by atoms with van der Waals surface area (Å²) in [6.07, 6.45) is 3.29. The van der Waals surface area contributed by atoms with Crippen molar-refractivity contribution in [2.45, 2.75) is 31.3 Å². The number of hydrogen-bond donors (Lipinski definition) is 2. The van der Waals surface area contributed by atoms with Crippen LogP contribution in [0.3, 0.4) is 0 Å². The Labute approximate surface area is 105 Å². The van der Waals surface area contributed by atoms with Gasteiger partial charge in [0.15, 0.2) is 4.67 Å². The van der Waals surface area contributed by atoms with Gasteiger partial charge in [-0.1, -0.05) is 0 Å². The van der Waals surface area contributed by atoms with Gasteiger partial charge in [0.1, 0.15) is 5.76 Å². The van der Waals surface area contributed by atoms with Crippen LogP contribution in [0, 0.1) is 0 Å². The molecule has 0 atom stereocenters. The maximum absolute atomic E-state index is 9.26. The number of aliphatic hydroxyl groups excluding tert-OH is 1. The van der Waals surface area contributed by atoms with Gasteiger partial charge in [-0.25, -0.2) is 0 Å². The van der Waals surface area contributed by atoms with Crippen LogP contribution in [-0.4, -0.2) is 17.3 Å². The van der Waals surface area contributed by atoms with Gasteiger partial charge in [0, 0.05) is 5.54 Å². The first kappa shape index (κ1) is 11.6. The standard InChI is InChI=1S/C10H13Br2NO2/c11-8-4-7(15-9(8)12)5-13-10(6-14)2-1-3-10/h4,13-14H,1-3,5-6H2. The van der Waals surface area contributed by atoms with Crippen LogP contribution in [0.25, 0.3) is 0 Å². The summed E-state index contributed by atoms with van der Waals surface area (Å²) in [5, 5.41) is 12.6. The third-order valence-corrected chi connectivity index (χ3v) is 4.66. The number of rotatable bonds is 4. The van der Waals surface area contributed by atoms with Crippen LogP contribution < -0.4 is 5.32 Å². The molecule has 0 unspecified atom stereocenters. The van der Waals surface area contributed by atoms with Crippen molar-refractivity contribution in [3.63, 3.8) is 0 Å². The van der Waals surface area contributed by atoms with E-state index in [0.717, 1.165) is 23.1 Å². The predicted molar refractivity (Wildman–Crippen MR) is 64.6 cm³/mol. The molecular formula is C10H13Br2NO2. The molecule has 0 amide bonds. The van der Waals surface area contributed by atoms with Gasteiger partial charge in [-0.05, 0) is 57.2 Å². The highest BCUT2D eigenvalue weighted by Gasteiger charge is 2.35. The van der Waals surface area contributed by atoms with Crippen molar-refractivity contribution in [3.8, 4) is 0 Å². The summed E-state index contributed by atoms with van der Waals surface area (Å²) >= 11 is 6.66. The smallest absolute Gasteiger partial charge is 0.183 e. The fourth-order valence-electron chi connectivity index (χ4n) is 1.75. The normalized spacial score (nSPS) is 18.9. The van der Waals surface area contributed by atoms with Crippen LogP contribution >= 0.6 is 31.9 Å². The quantitative estimate of drug-likeness (QED) is 0.887. The minimum Gasteiger partial charge on any atom is -0.452 e. The lowest BCUT2D eigenvalue weighted by Gasteiger charge is -2.41. The van der Waals surface area contributed by atoms with Crippen LogP contribution in [0.2, 0.25) is 0 Å². The van der Waals surface area contributed by atoms with E-state index >= 15 is 0 Å². The lowest BCUT2D eigenvalue weighted by Crippen LogP contribution is -2.53. The molecule has 15 heavy (non-hydrogen) atoms. The highest BCUT2D eigenvalue weighted by atomic mass is 79.9. The zero-order chi connectivity index (χ0) is 10.9. The van der Waals surface area contributed by atoms with E-state index in [1.807, 2.05) is 6.07 Å². The fourth-order valence-corrected chi connectivity index (χ4v) is 2.41.